The van der Waals surface area contributed by atoms with Gasteiger partial charge in [0.05, 0.1) is 18.3 Å². The standard InChI is InChI=1S/C25H39ClO6/c1-17(26)7-6-8-18(30-24-9-2-4-13-28-24)11-12-19-20-15-23(27)31-22(20)16-21(19)32-25-10-3-5-14-29-25/h7,11-12,18-25,27H,2-6,8-10,13-16H2,1H3/t18-,19+,20+,21+,22-,23?,24?,25?/m0/s1. The summed E-state index contributed by atoms with van der Waals surface area (Å²) in [4.78, 5) is 0. The van der Waals surface area contributed by atoms with Gasteiger partial charge >= 0.3 is 0 Å². The van der Waals surface area contributed by atoms with Crippen molar-refractivity contribution in [2.75, 3.05) is 13.2 Å². The first-order valence-electron chi connectivity index (χ1n) is 12.5. The van der Waals surface area contributed by atoms with Crippen LogP contribution in [0.1, 0.15) is 71.1 Å². The molecule has 3 saturated heterocycles. The van der Waals surface area contributed by atoms with Crippen LogP contribution in [0, 0.1) is 11.8 Å². The van der Waals surface area contributed by atoms with E-state index in [2.05, 4.69) is 12.2 Å². The van der Waals surface area contributed by atoms with Crippen molar-refractivity contribution in [3.05, 3.63) is 23.3 Å². The summed E-state index contributed by atoms with van der Waals surface area (Å²) < 4.78 is 30.2. The number of rotatable bonds is 9. The number of aliphatic hydroxyl groups excluding tert-OH is 1. The van der Waals surface area contributed by atoms with Gasteiger partial charge in [-0.3, -0.25) is 0 Å². The minimum atomic E-state index is -0.674. The molecule has 4 rings (SSSR count). The molecule has 8 atom stereocenters. The fraction of sp³-hybridized carbons (Fsp3) is 0.840. The Morgan fingerprint density at radius 2 is 1.84 bits per heavy atom. The Kier molecular flexibility index (Phi) is 9.47. The molecule has 32 heavy (non-hydrogen) atoms. The summed E-state index contributed by atoms with van der Waals surface area (Å²) in [6, 6.07) is 0. The lowest BCUT2D eigenvalue weighted by atomic mass is 9.91. The van der Waals surface area contributed by atoms with E-state index in [0.29, 0.717) is 6.42 Å². The Labute approximate surface area is 197 Å². The van der Waals surface area contributed by atoms with E-state index in [0.717, 1.165) is 76.0 Å². The van der Waals surface area contributed by atoms with Gasteiger partial charge < -0.3 is 28.8 Å². The largest absolute Gasteiger partial charge is 0.368 e. The van der Waals surface area contributed by atoms with Gasteiger partial charge in [-0.2, -0.15) is 0 Å². The third kappa shape index (κ3) is 7.02. The van der Waals surface area contributed by atoms with E-state index >= 15 is 0 Å². The Morgan fingerprint density at radius 1 is 1.09 bits per heavy atom. The van der Waals surface area contributed by atoms with Crippen molar-refractivity contribution < 1.29 is 28.8 Å². The molecule has 0 aromatic rings. The number of hydrogen-bond acceptors (Lipinski definition) is 6. The lowest BCUT2D eigenvalue weighted by Crippen LogP contribution is -2.31. The number of allylic oxidation sites excluding steroid dienone is 2. The zero-order valence-electron chi connectivity index (χ0n) is 19.2. The van der Waals surface area contributed by atoms with Crippen molar-refractivity contribution in [2.45, 2.75) is 108 Å². The van der Waals surface area contributed by atoms with Gasteiger partial charge in [0.2, 0.25) is 0 Å². The molecule has 3 heterocycles. The molecule has 1 aliphatic carbocycles. The molecule has 0 amide bonds. The molecular weight excluding hydrogens is 432 g/mol. The summed E-state index contributed by atoms with van der Waals surface area (Å²) in [5.41, 5.74) is 0. The molecule has 3 aliphatic heterocycles. The second-order valence-electron chi connectivity index (χ2n) is 9.54. The highest BCUT2D eigenvalue weighted by Gasteiger charge is 2.49. The summed E-state index contributed by atoms with van der Waals surface area (Å²) in [7, 11) is 0. The summed E-state index contributed by atoms with van der Waals surface area (Å²) in [5.74, 6) is 0.428. The second-order valence-corrected chi connectivity index (χ2v) is 10.1. The Hall–Kier alpha value is -0.470. The zero-order valence-corrected chi connectivity index (χ0v) is 20.0. The van der Waals surface area contributed by atoms with E-state index in [-0.39, 0.29) is 42.7 Å². The molecule has 0 aromatic carbocycles. The van der Waals surface area contributed by atoms with E-state index in [1.54, 1.807) is 0 Å². The Balaban J connectivity index is 1.42. The van der Waals surface area contributed by atoms with E-state index in [1.807, 2.05) is 13.0 Å². The van der Waals surface area contributed by atoms with Crippen LogP contribution in [0.3, 0.4) is 0 Å². The smallest absolute Gasteiger partial charge is 0.158 e. The van der Waals surface area contributed by atoms with Gasteiger partial charge in [0.1, 0.15) is 0 Å². The summed E-state index contributed by atoms with van der Waals surface area (Å²) in [6.45, 7) is 3.43. The quantitative estimate of drug-likeness (QED) is 0.476. The van der Waals surface area contributed by atoms with Crippen molar-refractivity contribution in [2.24, 2.45) is 11.8 Å². The van der Waals surface area contributed by atoms with Crippen molar-refractivity contribution in [1.82, 2.24) is 0 Å². The fourth-order valence-electron chi connectivity index (χ4n) is 5.39. The van der Waals surface area contributed by atoms with Gasteiger partial charge in [-0.1, -0.05) is 29.8 Å². The Morgan fingerprint density at radius 3 is 2.53 bits per heavy atom. The molecule has 7 heteroatoms. The first-order chi connectivity index (χ1) is 15.6. The van der Waals surface area contributed by atoms with Gasteiger partial charge in [0.25, 0.3) is 0 Å². The van der Waals surface area contributed by atoms with Crippen LogP contribution in [-0.4, -0.2) is 55.5 Å². The third-order valence-electron chi connectivity index (χ3n) is 7.03. The summed E-state index contributed by atoms with van der Waals surface area (Å²) in [5, 5.41) is 10.9. The molecule has 4 aliphatic rings. The zero-order chi connectivity index (χ0) is 22.3. The molecule has 182 valence electrons. The van der Waals surface area contributed by atoms with Gasteiger partial charge in [-0.15, -0.1) is 0 Å². The summed E-state index contributed by atoms with van der Waals surface area (Å²) >= 11 is 6.03. The summed E-state index contributed by atoms with van der Waals surface area (Å²) in [6.07, 6.45) is 15.0. The topological polar surface area (TPSA) is 66.4 Å². The molecular formula is C25H39ClO6. The first-order valence-corrected chi connectivity index (χ1v) is 12.8. The minimum Gasteiger partial charge on any atom is -0.368 e. The average molecular weight is 471 g/mol. The molecule has 0 bridgehead atoms. The normalized spacial score (nSPS) is 39.5. The number of hydrogen-bond donors (Lipinski definition) is 1. The van der Waals surface area contributed by atoms with E-state index in [1.165, 1.54) is 0 Å². The lowest BCUT2D eigenvalue weighted by molar-refractivity contribution is -0.196. The van der Waals surface area contributed by atoms with E-state index in [9.17, 15) is 5.11 Å². The third-order valence-corrected chi connectivity index (χ3v) is 7.18. The minimum absolute atomic E-state index is 0.0356. The van der Waals surface area contributed by atoms with Crippen LogP contribution in [-0.2, 0) is 23.7 Å². The van der Waals surface area contributed by atoms with Gasteiger partial charge in [0.15, 0.2) is 18.9 Å². The maximum atomic E-state index is 10.1. The molecule has 3 unspecified atom stereocenters. The lowest BCUT2D eigenvalue weighted by Gasteiger charge is -2.30. The van der Waals surface area contributed by atoms with Crippen LogP contribution in [0.5, 0.6) is 0 Å². The molecule has 6 nitrogen and oxygen atoms in total. The molecule has 0 spiro atoms. The number of ether oxygens (including phenoxy) is 5. The van der Waals surface area contributed by atoms with Crippen molar-refractivity contribution in [3.63, 3.8) is 0 Å². The highest BCUT2D eigenvalue weighted by molar-refractivity contribution is 6.29. The highest BCUT2D eigenvalue weighted by Crippen LogP contribution is 2.45. The Bertz CT molecular complexity index is 624. The van der Waals surface area contributed by atoms with Crippen LogP contribution < -0.4 is 0 Å². The fourth-order valence-corrected chi connectivity index (χ4v) is 5.50. The number of halogens is 1. The monoisotopic (exact) mass is 470 g/mol. The van der Waals surface area contributed by atoms with Gasteiger partial charge in [0, 0.05) is 37.0 Å². The van der Waals surface area contributed by atoms with Crippen molar-refractivity contribution in [1.29, 1.82) is 0 Å². The average Bonchev–Trinajstić information content (AvgIpc) is 3.28. The molecule has 0 radical (unpaired) electrons. The maximum Gasteiger partial charge on any atom is 0.158 e. The first kappa shape index (κ1) is 24.6. The van der Waals surface area contributed by atoms with Gasteiger partial charge in [-0.05, 0) is 64.2 Å². The predicted molar refractivity (Wildman–Crippen MR) is 122 cm³/mol. The number of aliphatic hydroxyl groups is 1. The van der Waals surface area contributed by atoms with Crippen LogP contribution in [0.25, 0.3) is 0 Å². The molecule has 4 fully saturated rings. The molecule has 1 saturated carbocycles. The van der Waals surface area contributed by atoms with E-state index in [4.69, 9.17) is 35.3 Å². The highest BCUT2D eigenvalue weighted by atomic mass is 35.5. The van der Waals surface area contributed by atoms with E-state index < -0.39 is 6.29 Å². The molecule has 0 aromatic heterocycles. The van der Waals surface area contributed by atoms with Crippen molar-refractivity contribution >= 4 is 11.6 Å². The van der Waals surface area contributed by atoms with Crippen LogP contribution in [0.15, 0.2) is 23.3 Å². The number of fused-ring (bicyclic) bond motifs is 1. The van der Waals surface area contributed by atoms with Gasteiger partial charge in [-0.25, -0.2) is 0 Å². The van der Waals surface area contributed by atoms with Crippen LogP contribution in [0.2, 0.25) is 0 Å². The SMILES string of the molecule is CC(Cl)=CCC[C@@H](C=C[C@@H]1[C@H]2CC(O)O[C@H]2C[C@H]1OC1CCCCO1)OC1CCCCO1. The van der Waals surface area contributed by atoms with Crippen LogP contribution >= 0.6 is 11.6 Å². The maximum absolute atomic E-state index is 10.1. The molecule has 1 N–H and O–H groups in total. The predicted octanol–water partition coefficient (Wildman–Crippen LogP) is 5.03. The van der Waals surface area contributed by atoms with Crippen molar-refractivity contribution in [3.8, 4) is 0 Å². The van der Waals surface area contributed by atoms with Crippen LogP contribution in [0.4, 0.5) is 0 Å². The second kappa shape index (κ2) is 12.3.